The molecule has 3 aromatic rings. The third-order valence-electron chi connectivity index (χ3n) is 10.2. The first-order chi connectivity index (χ1) is 22.8. The molecule has 11 heteroatoms. The lowest BCUT2D eigenvalue weighted by Crippen LogP contribution is -2.56. The second-order valence-electron chi connectivity index (χ2n) is 13.7. The summed E-state index contributed by atoms with van der Waals surface area (Å²) in [6.45, 7) is 18.6. The lowest BCUT2D eigenvalue weighted by Gasteiger charge is -2.43. The van der Waals surface area contributed by atoms with Crippen molar-refractivity contribution in [3.63, 3.8) is 0 Å². The number of fused-ring (bicyclic) bond motifs is 2. The summed E-state index contributed by atoms with van der Waals surface area (Å²) in [5, 5.41) is 2.86. The molecule has 1 aliphatic carbocycles. The highest BCUT2D eigenvalue weighted by atomic mass is 35.5. The number of nitrogens with zero attached hydrogens (tertiary/aromatic N) is 7. The maximum absolute atomic E-state index is 12.7. The first-order valence-corrected chi connectivity index (χ1v) is 16.9. The highest BCUT2D eigenvalue weighted by Gasteiger charge is 2.43. The molecule has 3 fully saturated rings. The van der Waals surface area contributed by atoms with Gasteiger partial charge < -0.3 is 33.9 Å². The first-order valence-electron chi connectivity index (χ1n) is 16.5. The molecule has 0 radical (unpaired) electrons. The minimum Gasteiger partial charge on any atom is -0.463 e. The molecule has 2 saturated heterocycles. The van der Waals surface area contributed by atoms with Crippen LogP contribution >= 0.6 is 11.6 Å². The van der Waals surface area contributed by atoms with Gasteiger partial charge in [-0.25, -0.2) is 6.57 Å². The summed E-state index contributed by atoms with van der Waals surface area (Å²) in [7, 11) is 2.19. The van der Waals surface area contributed by atoms with Crippen LogP contribution < -0.4 is 14.5 Å². The summed E-state index contributed by atoms with van der Waals surface area (Å²) < 4.78 is 12.2. The highest BCUT2D eigenvalue weighted by molar-refractivity contribution is 6.36. The van der Waals surface area contributed by atoms with E-state index in [0.29, 0.717) is 58.1 Å². The number of carbonyl (C=O) groups is 1. The van der Waals surface area contributed by atoms with E-state index in [9.17, 15) is 4.79 Å². The van der Waals surface area contributed by atoms with Gasteiger partial charge >= 0.3 is 6.01 Å². The monoisotopic (exact) mass is 655 g/mol. The minimum absolute atomic E-state index is 0.0889. The molecule has 1 amide bonds. The smallest absolute Gasteiger partial charge is 0.318 e. The van der Waals surface area contributed by atoms with E-state index in [1.54, 1.807) is 4.90 Å². The Labute approximate surface area is 281 Å². The Kier molecular flexibility index (Phi) is 8.73. The Bertz CT molecular complexity index is 1710. The van der Waals surface area contributed by atoms with Crippen LogP contribution in [0, 0.1) is 12.0 Å². The Hall–Kier alpha value is -3.91. The molecule has 0 N–H and O–H groups in total. The van der Waals surface area contributed by atoms with E-state index in [2.05, 4.69) is 64.4 Å². The van der Waals surface area contributed by atoms with Crippen LogP contribution in [-0.2, 0) is 22.5 Å². The zero-order chi connectivity index (χ0) is 32.7. The molecule has 0 spiro atoms. The SMILES string of the molecule is [C-]#[N+]C[C@H]1CN(c2nc(OCC3(CN(C)C4CC4)COC3)nc3c2C[C@H](C)N(c2cccc4cccc(Cl)c24)C3)CCN1C(=O)C=C. The number of carbonyl (C=O) groups excluding carboxylic acids is 1. The van der Waals surface area contributed by atoms with Crippen LogP contribution in [0.25, 0.3) is 15.6 Å². The molecule has 3 aliphatic heterocycles. The number of anilines is 2. The van der Waals surface area contributed by atoms with Gasteiger partial charge in [0.15, 0.2) is 0 Å². The number of benzene rings is 2. The Morgan fingerprint density at radius 2 is 2.02 bits per heavy atom. The van der Waals surface area contributed by atoms with E-state index in [4.69, 9.17) is 37.6 Å². The van der Waals surface area contributed by atoms with Gasteiger partial charge in [-0.3, -0.25) is 4.79 Å². The van der Waals surface area contributed by atoms with Crippen LogP contribution in [0.15, 0.2) is 49.1 Å². The Morgan fingerprint density at radius 1 is 1.23 bits per heavy atom. The van der Waals surface area contributed by atoms with Crippen molar-refractivity contribution >= 4 is 39.8 Å². The van der Waals surface area contributed by atoms with Gasteiger partial charge in [0.2, 0.25) is 12.5 Å². The second-order valence-corrected chi connectivity index (χ2v) is 14.1. The zero-order valence-corrected chi connectivity index (χ0v) is 28.0. The van der Waals surface area contributed by atoms with E-state index in [-0.39, 0.29) is 30.0 Å². The molecule has 4 aliphatic rings. The van der Waals surface area contributed by atoms with Crippen molar-refractivity contribution in [3.8, 4) is 6.01 Å². The van der Waals surface area contributed by atoms with Crippen LogP contribution in [-0.4, -0.2) is 103 Å². The van der Waals surface area contributed by atoms with Crippen molar-refractivity contribution in [3.05, 3.63) is 76.8 Å². The number of ether oxygens (including phenoxy) is 2. The number of piperazine rings is 1. The van der Waals surface area contributed by atoms with E-state index >= 15 is 0 Å². The largest absolute Gasteiger partial charge is 0.463 e. The van der Waals surface area contributed by atoms with E-state index < -0.39 is 0 Å². The van der Waals surface area contributed by atoms with Gasteiger partial charge in [0.1, 0.15) is 18.5 Å². The van der Waals surface area contributed by atoms with Crippen molar-refractivity contribution in [2.75, 3.05) is 69.4 Å². The molecule has 47 heavy (non-hydrogen) atoms. The number of hydrogen-bond donors (Lipinski definition) is 0. The molecule has 7 rings (SSSR count). The van der Waals surface area contributed by atoms with Gasteiger partial charge in [-0.2, -0.15) is 9.97 Å². The van der Waals surface area contributed by atoms with Gasteiger partial charge in [-0.05, 0) is 56.8 Å². The fourth-order valence-corrected chi connectivity index (χ4v) is 7.72. The maximum Gasteiger partial charge on any atom is 0.318 e. The van der Waals surface area contributed by atoms with Crippen LogP contribution in [0.2, 0.25) is 5.02 Å². The van der Waals surface area contributed by atoms with Crippen LogP contribution in [0.5, 0.6) is 6.01 Å². The van der Waals surface area contributed by atoms with Crippen LogP contribution in [0.3, 0.4) is 0 Å². The van der Waals surface area contributed by atoms with E-state index in [1.165, 1.54) is 18.9 Å². The van der Waals surface area contributed by atoms with Crippen molar-refractivity contribution in [2.24, 2.45) is 5.41 Å². The fourth-order valence-electron chi connectivity index (χ4n) is 7.44. The van der Waals surface area contributed by atoms with Crippen molar-refractivity contribution < 1.29 is 14.3 Å². The Morgan fingerprint density at radius 3 is 2.72 bits per heavy atom. The Balaban J connectivity index is 1.23. The second kappa shape index (κ2) is 12.9. The van der Waals surface area contributed by atoms with E-state index in [0.717, 1.165) is 51.5 Å². The minimum atomic E-state index is -0.259. The van der Waals surface area contributed by atoms with Crippen molar-refractivity contribution in [1.29, 1.82) is 0 Å². The lowest BCUT2D eigenvalue weighted by atomic mass is 9.86. The third kappa shape index (κ3) is 6.24. The molecular formula is C36H42ClN7O3. The first kappa shape index (κ1) is 31.7. The molecule has 1 saturated carbocycles. The number of aromatic nitrogens is 2. The van der Waals surface area contributed by atoms with Crippen molar-refractivity contribution in [2.45, 2.75) is 50.9 Å². The maximum atomic E-state index is 12.7. The van der Waals surface area contributed by atoms with Gasteiger partial charge in [-0.1, -0.05) is 42.4 Å². The molecule has 2 atom stereocenters. The predicted molar refractivity (Wildman–Crippen MR) is 184 cm³/mol. The van der Waals surface area contributed by atoms with Gasteiger partial charge in [0, 0.05) is 54.9 Å². The fraction of sp³-hybridized carbons (Fsp3) is 0.500. The summed E-state index contributed by atoms with van der Waals surface area (Å²) in [5.74, 6) is 0.691. The average molecular weight is 656 g/mol. The molecule has 0 unspecified atom stereocenters. The summed E-state index contributed by atoms with van der Waals surface area (Å²) in [5.41, 5.74) is 3.00. The standard InChI is InChI=1S/C36H42ClN7O3/c1-5-32(45)43-15-14-42(18-27(43)17-38-3)34-28-16-24(2)44(31-11-7-9-25-8-6-10-29(37)33(25)31)19-30(28)39-35(40-34)47-23-36(21-46-22-36)20-41(4)26-12-13-26/h5-11,24,26-27H,1,12-23H2,2,4H3/t24-,27-/m0/s1. The number of hydrogen-bond acceptors (Lipinski definition) is 8. The number of amides is 1. The van der Waals surface area contributed by atoms with E-state index in [1.807, 2.05) is 12.1 Å². The highest BCUT2D eigenvalue weighted by Crippen LogP contribution is 2.40. The van der Waals surface area contributed by atoms with Crippen LogP contribution in [0.1, 0.15) is 31.0 Å². The van der Waals surface area contributed by atoms with Gasteiger partial charge in [-0.15, -0.1) is 0 Å². The molecule has 1 aromatic heterocycles. The van der Waals surface area contributed by atoms with Gasteiger partial charge in [0.25, 0.3) is 0 Å². The summed E-state index contributed by atoms with van der Waals surface area (Å²) in [6.07, 6.45) is 4.57. The molecule has 246 valence electrons. The summed E-state index contributed by atoms with van der Waals surface area (Å²) >= 11 is 6.78. The molecule has 4 heterocycles. The molecule has 10 nitrogen and oxygen atoms in total. The van der Waals surface area contributed by atoms with Gasteiger partial charge in [0.05, 0.1) is 35.9 Å². The lowest BCUT2D eigenvalue weighted by molar-refractivity contribution is -0.143. The zero-order valence-electron chi connectivity index (χ0n) is 27.2. The summed E-state index contributed by atoms with van der Waals surface area (Å²) in [4.78, 5) is 35.3. The normalized spacial score (nSPS) is 22.1. The van der Waals surface area contributed by atoms with Crippen LogP contribution in [0.4, 0.5) is 11.5 Å². The number of halogens is 1. The topological polar surface area (TPSA) is 78.6 Å². The quantitative estimate of drug-likeness (QED) is 0.227. The average Bonchev–Trinajstić information content (AvgIpc) is 3.91. The van der Waals surface area contributed by atoms with Crippen molar-refractivity contribution in [1.82, 2.24) is 19.8 Å². The number of rotatable bonds is 10. The third-order valence-corrected chi connectivity index (χ3v) is 10.5. The molecule has 0 bridgehead atoms. The molecule has 2 aromatic carbocycles. The molecular weight excluding hydrogens is 614 g/mol. The predicted octanol–water partition coefficient (Wildman–Crippen LogP) is 4.85. The summed E-state index contributed by atoms with van der Waals surface area (Å²) in [6, 6.07) is 13.2.